The fourth-order valence-electron chi connectivity index (χ4n) is 2.45. The average molecular weight is 279 g/mol. The zero-order chi connectivity index (χ0) is 13.7. The summed E-state index contributed by atoms with van der Waals surface area (Å²) in [6.45, 7) is 1.82. The van der Waals surface area contributed by atoms with E-state index in [1.807, 2.05) is 0 Å². The van der Waals surface area contributed by atoms with Crippen LogP contribution >= 0.6 is 12.2 Å². The number of likely N-dealkylation sites (N-methyl/N-ethyl adjacent to an activating group) is 1. The van der Waals surface area contributed by atoms with E-state index >= 15 is 0 Å². The van der Waals surface area contributed by atoms with Crippen LogP contribution in [0.4, 0.5) is 5.95 Å². The molecule has 1 aliphatic rings. The third kappa shape index (κ3) is 4.11. The van der Waals surface area contributed by atoms with Gasteiger partial charge in [0.25, 0.3) is 0 Å². The van der Waals surface area contributed by atoms with Crippen LogP contribution in [0.15, 0.2) is 12.3 Å². The Labute approximate surface area is 119 Å². The first-order chi connectivity index (χ1) is 9.16. The van der Waals surface area contributed by atoms with Gasteiger partial charge in [-0.1, -0.05) is 25.1 Å². The van der Waals surface area contributed by atoms with E-state index in [4.69, 9.17) is 18.0 Å². The molecule has 6 heteroatoms. The second-order valence-corrected chi connectivity index (χ2v) is 5.42. The fourth-order valence-corrected chi connectivity index (χ4v) is 2.57. The SMILES string of the molecule is CN(CCNc1nccc(C(N)=S)n1)C1CCCC1. The first kappa shape index (κ1) is 14.1. The van der Waals surface area contributed by atoms with Gasteiger partial charge in [-0.15, -0.1) is 0 Å². The predicted molar refractivity (Wildman–Crippen MR) is 81.3 cm³/mol. The highest BCUT2D eigenvalue weighted by Crippen LogP contribution is 2.21. The van der Waals surface area contributed by atoms with Crippen LogP contribution in [0, 0.1) is 0 Å². The minimum atomic E-state index is 0.300. The topological polar surface area (TPSA) is 67.1 Å². The summed E-state index contributed by atoms with van der Waals surface area (Å²) in [5.74, 6) is 0.588. The van der Waals surface area contributed by atoms with Gasteiger partial charge >= 0.3 is 0 Å². The third-order valence-corrected chi connectivity index (χ3v) is 3.81. The van der Waals surface area contributed by atoms with Crippen molar-refractivity contribution in [2.24, 2.45) is 5.73 Å². The zero-order valence-corrected chi connectivity index (χ0v) is 12.1. The lowest BCUT2D eigenvalue weighted by Gasteiger charge is -2.23. The van der Waals surface area contributed by atoms with Crippen LogP contribution in [-0.4, -0.2) is 46.0 Å². The summed E-state index contributed by atoms with van der Waals surface area (Å²) in [5, 5.41) is 3.22. The van der Waals surface area contributed by atoms with Crippen LogP contribution in [0.5, 0.6) is 0 Å². The number of rotatable bonds is 6. The zero-order valence-electron chi connectivity index (χ0n) is 11.3. The number of nitrogens with zero attached hydrogens (tertiary/aromatic N) is 3. The maximum absolute atomic E-state index is 5.55. The Hall–Kier alpha value is -1.27. The monoisotopic (exact) mass is 279 g/mol. The maximum atomic E-state index is 5.55. The molecule has 0 aromatic carbocycles. The van der Waals surface area contributed by atoms with Gasteiger partial charge in [0.1, 0.15) is 10.7 Å². The number of aromatic nitrogens is 2. The highest BCUT2D eigenvalue weighted by molar-refractivity contribution is 7.80. The molecule has 1 saturated carbocycles. The van der Waals surface area contributed by atoms with E-state index < -0.39 is 0 Å². The van der Waals surface area contributed by atoms with Crippen LogP contribution in [0.2, 0.25) is 0 Å². The molecule has 19 heavy (non-hydrogen) atoms. The normalized spacial score (nSPS) is 15.9. The molecule has 0 spiro atoms. The molecule has 5 nitrogen and oxygen atoms in total. The number of anilines is 1. The number of thiocarbonyl (C=S) groups is 1. The minimum absolute atomic E-state index is 0.300. The van der Waals surface area contributed by atoms with E-state index in [1.54, 1.807) is 12.3 Å². The lowest BCUT2D eigenvalue weighted by Crippen LogP contribution is -2.33. The van der Waals surface area contributed by atoms with E-state index in [0.29, 0.717) is 16.6 Å². The maximum Gasteiger partial charge on any atom is 0.223 e. The van der Waals surface area contributed by atoms with Gasteiger partial charge in [0.05, 0.1) is 0 Å². The Kier molecular flexibility index (Phi) is 5.04. The van der Waals surface area contributed by atoms with Gasteiger partial charge in [-0.3, -0.25) is 0 Å². The van der Waals surface area contributed by atoms with Gasteiger partial charge in [0.2, 0.25) is 5.95 Å². The summed E-state index contributed by atoms with van der Waals surface area (Å²) in [7, 11) is 2.18. The smallest absolute Gasteiger partial charge is 0.223 e. The van der Waals surface area contributed by atoms with Crippen LogP contribution in [-0.2, 0) is 0 Å². The molecule has 3 N–H and O–H groups in total. The van der Waals surface area contributed by atoms with Crippen molar-refractivity contribution in [3.63, 3.8) is 0 Å². The molecule has 0 radical (unpaired) electrons. The number of hydrogen-bond acceptors (Lipinski definition) is 5. The molecule has 0 amide bonds. The van der Waals surface area contributed by atoms with Crippen molar-refractivity contribution in [1.29, 1.82) is 0 Å². The standard InChI is InChI=1S/C13H21N5S/c1-18(10-4-2-3-5-10)9-8-16-13-15-7-6-11(17-13)12(14)19/h6-7,10H,2-5,8-9H2,1H3,(H2,14,19)(H,15,16,17). The molecule has 0 aliphatic heterocycles. The van der Waals surface area contributed by atoms with Crippen molar-refractivity contribution in [1.82, 2.24) is 14.9 Å². The van der Waals surface area contributed by atoms with E-state index in [-0.39, 0.29) is 0 Å². The quantitative estimate of drug-likeness (QED) is 0.767. The summed E-state index contributed by atoms with van der Waals surface area (Å²) in [6, 6.07) is 2.46. The summed E-state index contributed by atoms with van der Waals surface area (Å²) < 4.78 is 0. The molecule has 2 rings (SSSR count). The Bertz CT molecular complexity index is 431. The van der Waals surface area contributed by atoms with Crippen molar-refractivity contribution >= 4 is 23.2 Å². The number of nitrogens with two attached hydrogens (primary N) is 1. The van der Waals surface area contributed by atoms with Gasteiger partial charge in [-0.05, 0) is 26.0 Å². The van der Waals surface area contributed by atoms with E-state index in [9.17, 15) is 0 Å². The highest BCUT2D eigenvalue weighted by Gasteiger charge is 2.18. The molecule has 0 saturated heterocycles. The predicted octanol–water partition coefficient (Wildman–Crippen LogP) is 1.40. The van der Waals surface area contributed by atoms with Crippen LogP contribution in [0.25, 0.3) is 0 Å². The Morgan fingerprint density at radius 3 is 2.95 bits per heavy atom. The summed E-state index contributed by atoms with van der Waals surface area (Å²) in [4.78, 5) is 11.1. The molecule has 104 valence electrons. The van der Waals surface area contributed by atoms with E-state index in [1.165, 1.54) is 25.7 Å². The Morgan fingerprint density at radius 1 is 1.53 bits per heavy atom. The first-order valence-corrected chi connectivity index (χ1v) is 7.14. The average Bonchev–Trinajstić information content (AvgIpc) is 2.93. The van der Waals surface area contributed by atoms with Gasteiger partial charge in [-0.2, -0.15) is 0 Å². The van der Waals surface area contributed by atoms with Gasteiger partial charge in [0.15, 0.2) is 0 Å². The molecule has 1 aliphatic carbocycles. The molecule has 1 aromatic rings. The summed E-state index contributed by atoms with van der Waals surface area (Å²) in [5.41, 5.74) is 6.16. The van der Waals surface area contributed by atoms with Crippen LogP contribution in [0.3, 0.4) is 0 Å². The molecule has 0 unspecified atom stereocenters. The van der Waals surface area contributed by atoms with Gasteiger partial charge in [-0.25, -0.2) is 9.97 Å². The van der Waals surface area contributed by atoms with E-state index in [2.05, 4.69) is 27.2 Å². The minimum Gasteiger partial charge on any atom is -0.388 e. The van der Waals surface area contributed by atoms with Crippen molar-refractivity contribution in [2.75, 3.05) is 25.5 Å². The van der Waals surface area contributed by atoms with Crippen molar-refractivity contribution < 1.29 is 0 Å². The second-order valence-electron chi connectivity index (χ2n) is 4.98. The first-order valence-electron chi connectivity index (χ1n) is 6.74. The van der Waals surface area contributed by atoms with Gasteiger partial charge < -0.3 is 16.0 Å². The number of nitrogens with one attached hydrogen (secondary N) is 1. The van der Waals surface area contributed by atoms with Crippen molar-refractivity contribution in [3.05, 3.63) is 18.0 Å². The third-order valence-electron chi connectivity index (χ3n) is 3.60. The molecule has 1 heterocycles. The number of hydrogen-bond donors (Lipinski definition) is 2. The van der Waals surface area contributed by atoms with Crippen molar-refractivity contribution in [3.8, 4) is 0 Å². The lowest BCUT2D eigenvalue weighted by atomic mass is 10.2. The second kappa shape index (κ2) is 6.77. The Balaban J connectivity index is 1.78. The highest BCUT2D eigenvalue weighted by atomic mass is 32.1. The van der Waals surface area contributed by atoms with E-state index in [0.717, 1.165) is 19.1 Å². The van der Waals surface area contributed by atoms with Crippen LogP contribution in [0.1, 0.15) is 31.4 Å². The molecular weight excluding hydrogens is 258 g/mol. The van der Waals surface area contributed by atoms with Crippen molar-refractivity contribution in [2.45, 2.75) is 31.7 Å². The molecular formula is C13H21N5S. The fraction of sp³-hybridized carbons (Fsp3) is 0.615. The largest absolute Gasteiger partial charge is 0.388 e. The van der Waals surface area contributed by atoms with Gasteiger partial charge in [0, 0.05) is 25.3 Å². The molecule has 1 aromatic heterocycles. The lowest BCUT2D eigenvalue weighted by molar-refractivity contribution is 0.254. The molecule has 0 bridgehead atoms. The van der Waals surface area contributed by atoms with Crippen LogP contribution < -0.4 is 11.1 Å². The Morgan fingerprint density at radius 2 is 2.26 bits per heavy atom. The molecule has 1 fully saturated rings. The molecule has 0 atom stereocenters. The summed E-state index contributed by atoms with van der Waals surface area (Å²) in [6.07, 6.45) is 7.04. The summed E-state index contributed by atoms with van der Waals surface area (Å²) >= 11 is 4.90.